The first kappa shape index (κ1) is 22.3. The van der Waals surface area contributed by atoms with E-state index >= 15 is 0 Å². The number of rotatable bonds is 2. The van der Waals surface area contributed by atoms with Gasteiger partial charge >= 0.3 is 19.8 Å². The number of nitrogens with one attached hydrogen (secondary N) is 1. The monoisotopic (exact) mass is 541 g/mol. The molecule has 3 rings (SSSR count). The fraction of sp³-hybridized carbons (Fsp3) is 0.333. The van der Waals surface area contributed by atoms with Crippen molar-refractivity contribution in [2.24, 2.45) is 5.92 Å². The summed E-state index contributed by atoms with van der Waals surface area (Å²) < 4.78 is 35.7. The van der Waals surface area contributed by atoms with Crippen molar-refractivity contribution in [2.75, 3.05) is 20.1 Å². The fourth-order valence-electron chi connectivity index (χ4n) is 2.52. The van der Waals surface area contributed by atoms with Crippen molar-refractivity contribution in [1.29, 1.82) is 0 Å². The summed E-state index contributed by atoms with van der Waals surface area (Å²) >= 11 is 0. The maximum atomic E-state index is 12.1. The zero-order valence-corrected chi connectivity index (χ0v) is 16.6. The van der Waals surface area contributed by atoms with Gasteiger partial charge in [-0.3, -0.25) is 4.79 Å². The van der Waals surface area contributed by atoms with E-state index in [0.29, 0.717) is 17.8 Å². The predicted molar refractivity (Wildman–Crippen MR) is 87.9 cm³/mol. The van der Waals surface area contributed by atoms with Gasteiger partial charge in [0.2, 0.25) is 0 Å². The van der Waals surface area contributed by atoms with Crippen LogP contribution in [0.5, 0.6) is 0 Å². The number of halogens is 3. The molecule has 8 heteroatoms. The van der Waals surface area contributed by atoms with Gasteiger partial charge in [0.05, 0.1) is 0 Å². The van der Waals surface area contributed by atoms with E-state index in [2.05, 4.69) is 16.9 Å². The molecule has 0 amide bonds. The molecule has 1 aromatic carbocycles. The number of pyridine rings is 1. The molecule has 1 fully saturated rings. The standard InChI is InChI=1S/C12H16N3O.C6H2F3.Os/c1-15-7-5-9(6-8-15)12(16)10-3-2-4-11(13)14-10;7-4-1-5(8)3-6(9)2-4;/h2-4,9H,5-8H2,1H3,(H-,13,14);1-2H;/q2*-1;+2. The van der Waals surface area contributed by atoms with Gasteiger partial charge in [-0.15, -0.1) is 18.2 Å². The molecule has 0 aliphatic carbocycles. The number of hydrogen-bond acceptors (Lipinski definition) is 3. The van der Waals surface area contributed by atoms with Crippen LogP contribution >= 0.6 is 0 Å². The molecule has 2 heterocycles. The Bertz CT molecular complexity index is 687. The molecule has 1 aliphatic heterocycles. The number of piperidine rings is 1. The van der Waals surface area contributed by atoms with Crippen LogP contribution in [0.1, 0.15) is 23.3 Å². The SMILES string of the molecule is CN1CCC(C(=O)c2cccc([NH-])n2)CC1.Fc1[c-]c(F)cc(F)c1.[Os+2]. The Kier molecular flexibility index (Phi) is 8.90. The Labute approximate surface area is 163 Å². The molecule has 2 aromatic rings. The van der Waals surface area contributed by atoms with Crippen molar-refractivity contribution in [2.45, 2.75) is 12.8 Å². The van der Waals surface area contributed by atoms with Crippen molar-refractivity contribution >= 4 is 11.6 Å². The number of carbonyl (C=O) groups is 1. The first-order valence-corrected chi connectivity index (χ1v) is 7.80. The van der Waals surface area contributed by atoms with Gasteiger partial charge in [0, 0.05) is 29.1 Å². The minimum Gasteiger partial charge on any atom is -0.482 e. The van der Waals surface area contributed by atoms with Gasteiger partial charge in [-0.25, -0.2) is 13.2 Å². The van der Waals surface area contributed by atoms with Gasteiger partial charge in [-0.2, -0.15) is 0 Å². The molecule has 1 N–H and O–H groups in total. The van der Waals surface area contributed by atoms with Crippen LogP contribution in [0, 0.1) is 29.4 Å². The van der Waals surface area contributed by atoms with Gasteiger partial charge in [-0.1, -0.05) is 24.0 Å². The average molecular weight is 540 g/mol. The van der Waals surface area contributed by atoms with Crippen molar-refractivity contribution in [3.8, 4) is 0 Å². The number of likely N-dealkylation sites (tertiary alicyclic amines) is 1. The Morgan fingerprint density at radius 2 is 1.77 bits per heavy atom. The third-order valence-electron chi connectivity index (χ3n) is 3.86. The second-order valence-corrected chi connectivity index (χ2v) is 5.84. The molecule has 0 unspecified atom stereocenters. The Balaban J connectivity index is 0.000000290. The maximum absolute atomic E-state index is 12.1. The Hall–Kier alpha value is -1.77. The van der Waals surface area contributed by atoms with Crippen molar-refractivity contribution < 1.29 is 37.8 Å². The summed E-state index contributed by atoms with van der Waals surface area (Å²) in [6.45, 7) is 1.94. The summed E-state index contributed by atoms with van der Waals surface area (Å²) in [6.07, 6.45) is 1.80. The zero-order chi connectivity index (χ0) is 18.4. The summed E-state index contributed by atoms with van der Waals surface area (Å²) in [5.41, 5.74) is 7.85. The normalized spacial score (nSPS) is 14.8. The molecule has 1 saturated heterocycles. The molecular weight excluding hydrogens is 521 g/mol. The Morgan fingerprint density at radius 3 is 2.27 bits per heavy atom. The summed E-state index contributed by atoms with van der Waals surface area (Å²) in [5, 5.41) is 0. The van der Waals surface area contributed by atoms with Gasteiger partial charge in [0.1, 0.15) is 0 Å². The summed E-state index contributed by atoms with van der Waals surface area (Å²) in [4.78, 5) is 18.3. The summed E-state index contributed by atoms with van der Waals surface area (Å²) in [6, 6.07) is 7.77. The minimum absolute atomic E-state index is 0. The molecule has 0 spiro atoms. The maximum Gasteiger partial charge on any atom is 2.00 e. The van der Waals surface area contributed by atoms with E-state index in [1.807, 2.05) is 0 Å². The third kappa shape index (κ3) is 6.85. The molecule has 1 aromatic heterocycles. The van der Waals surface area contributed by atoms with Gasteiger partial charge < -0.3 is 15.6 Å². The number of aromatic nitrogens is 1. The number of Topliss-reactive ketones (excluding diaryl/α,β-unsaturated/α-hetero) is 1. The zero-order valence-electron chi connectivity index (χ0n) is 14.1. The minimum atomic E-state index is -1.02. The van der Waals surface area contributed by atoms with Gasteiger partial charge in [-0.05, 0) is 33.0 Å². The van der Waals surface area contributed by atoms with Gasteiger partial charge in [0.15, 0.2) is 5.78 Å². The molecule has 0 atom stereocenters. The van der Waals surface area contributed by atoms with Crippen LogP contribution in [-0.4, -0.2) is 35.8 Å². The van der Waals surface area contributed by atoms with Crippen molar-refractivity contribution in [3.63, 3.8) is 0 Å². The molecule has 0 saturated carbocycles. The molecule has 140 valence electrons. The van der Waals surface area contributed by atoms with E-state index < -0.39 is 17.5 Å². The van der Waals surface area contributed by atoms with Crippen LogP contribution in [0.4, 0.5) is 19.0 Å². The van der Waals surface area contributed by atoms with Gasteiger partial charge in [0.25, 0.3) is 0 Å². The largest absolute Gasteiger partial charge is 2.00 e. The van der Waals surface area contributed by atoms with E-state index in [-0.39, 0.29) is 37.3 Å². The van der Waals surface area contributed by atoms with Crippen molar-refractivity contribution in [1.82, 2.24) is 9.88 Å². The van der Waals surface area contributed by atoms with E-state index in [4.69, 9.17) is 5.73 Å². The van der Waals surface area contributed by atoms with Crippen LogP contribution < -0.4 is 0 Å². The molecule has 4 nitrogen and oxygen atoms in total. The third-order valence-corrected chi connectivity index (χ3v) is 3.86. The van der Waals surface area contributed by atoms with Crippen LogP contribution in [0.25, 0.3) is 5.73 Å². The number of hydrogen-bond donors (Lipinski definition) is 0. The molecule has 26 heavy (non-hydrogen) atoms. The molecule has 0 bridgehead atoms. The van der Waals surface area contributed by atoms with Crippen LogP contribution in [0.2, 0.25) is 0 Å². The van der Waals surface area contributed by atoms with Crippen molar-refractivity contribution in [3.05, 3.63) is 65.3 Å². The number of carbonyl (C=O) groups excluding carboxylic acids is 1. The smallest absolute Gasteiger partial charge is 0.482 e. The quantitative estimate of drug-likeness (QED) is 0.425. The second kappa shape index (κ2) is 10.4. The number of ketones is 1. The van der Waals surface area contributed by atoms with Crippen LogP contribution in [-0.2, 0) is 19.8 Å². The first-order valence-electron chi connectivity index (χ1n) is 7.80. The summed E-state index contributed by atoms with van der Waals surface area (Å²) in [7, 11) is 2.07. The fourth-order valence-corrected chi connectivity index (χ4v) is 2.52. The number of nitrogens with zero attached hydrogens (tertiary/aromatic N) is 2. The molecular formula is C18H18F3N3OOs. The van der Waals surface area contributed by atoms with E-state index in [1.54, 1.807) is 24.3 Å². The van der Waals surface area contributed by atoms with E-state index in [0.717, 1.165) is 25.9 Å². The summed E-state index contributed by atoms with van der Waals surface area (Å²) in [5.74, 6) is -2.62. The van der Waals surface area contributed by atoms with E-state index in [9.17, 15) is 18.0 Å². The second-order valence-electron chi connectivity index (χ2n) is 5.84. The number of benzene rings is 1. The topological polar surface area (TPSA) is 57.0 Å². The first-order chi connectivity index (χ1) is 11.8. The molecule has 1 aliphatic rings. The molecule has 0 radical (unpaired) electrons. The van der Waals surface area contributed by atoms with E-state index in [1.165, 1.54) is 0 Å². The van der Waals surface area contributed by atoms with Crippen LogP contribution in [0.3, 0.4) is 0 Å². The van der Waals surface area contributed by atoms with Crippen LogP contribution in [0.15, 0.2) is 30.3 Å². The Morgan fingerprint density at radius 1 is 1.19 bits per heavy atom. The predicted octanol–water partition coefficient (Wildman–Crippen LogP) is 4.19. The average Bonchev–Trinajstić information content (AvgIpc) is 2.54.